The van der Waals surface area contributed by atoms with Crippen molar-refractivity contribution in [2.45, 2.75) is 91.6 Å². The molecule has 0 amide bonds. The summed E-state index contributed by atoms with van der Waals surface area (Å²) in [7, 11) is 0. The van der Waals surface area contributed by atoms with Gasteiger partial charge in [0.25, 0.3) is 0 Å². The molecule has 3 rings (SSSR count). The predicted molar refractivity (Wildman–Crippen MR) is 81.5 cm³/mol. The molecule has 3 aliphatic rings. The van der Waals surface area contributed by atoms with Gasteiger partial charge in [-0.05, 0) is 69.1 Å². The zero-order valence-corrected chi connectivity index (χ0v) is 14.4. The predicted octanol–water partition coefficient (Wildman–Crippen LogP) is 4.77. The van der Waals surface area contributed by atoms with Crippen molar-refractivity contribution in [2.75, 3.05) is 0 Å². The van der Waals surface area contributed by atoms with E-state index in [1.165, 1.54) is 12.8 Å². The lowest BCUT2D eigenvalue weighted by Gasteiger charge is -2.43. The summed E-state index contributed by atoms with van der Waals surface area (Å²) in [6.45, 7) is 16.3. The van der Waals surface area contributed by atoms with Crippen molar-refractivity contribution in [1.82, 2.24) is 0 Å². The zero-order valence-electron chi connectivity index (χ0n) is 14.4. The molecule has 2 saturated carbocycles. The first-order valence-electron chi connectivity index (χ1n) is 8.37. The lowest BCUT2D eigenvalue weighted by Crippen LogP contribution is -2.40. The average molecular weight is 280 g/mol. The van der Waals surface area contributed by atoms with E-state index in [1.807, 2.05) is 0 Å². The summed E-state index contributed by atoms with van der Waals surface area (Å²) >= 11 is 0. The van der Waals surface area contributed by atoms with Gasteiger partial charge in [-0.2, -0.15) is 0 Å². The van der Waals surface area contributed by atoms with Gasteiger partial charge in [0.2, 0.25) is 0 Å². The Balaban J connectivity index is 2.02. The summed E-state index contributed by atoms with van der Waals surface area (Å²) in [6.07, 6.45) is 5.26. The van der Waals surface area contributed by atoms with E-state index in [2.05, 4.69) is 48.5 Å². The highest BCUT2D eigenvalue weighted by molar-refractivity contribution is 5.10. The van der Waals surface area contributed by atoms with Crippen LogP contribution in [0.5, 0.6) is 0 Å². The van der Waals surface area contributed by atoms with Crippen LogP contribution in [0.3, 0.4) is 0 Å². The molecule has 0 aromatic heterocycles. The first kappa shape index (κ1) is 14.8. The lowest BCUT2D eigenvalue weighted by molar-refractivity contribution is -0.172. The minimum Gasteiger partial charge on any atom is -0.344 e. The molecule has 2 heteroatoms. The van der Waals surface area contributed by atoms with E-state index in [4.69, 9.17) is 9.47 Å². The van der Waals surface area contributed by atoms with Crippen molar-refractivity contribution >= 4 is 0 Å². The van der Waals surface area contributed by atoms with Gasteiger partial charge in [0.05, 0.1) is 11.7 Å². The van der Waals surface area contributed by atoms with Crippen molar-refractivity contribution in [2.24, 2.45) is 22.7 Å². The fraction of sp³-hybridized carbons (Fsp3) is 1.00. The number of rotatable bonds is 0. The van der Waals surface area contributed by atoms with Crippen LogP contribution in [0.4, 0.5) is 0 Å². The van der Waals surface area contributed by atoms with E-state index in [0.717, 1.165) is 24.7 Å². The van der Waals surface area contributed by atoms with Gasteiger partial charge in [0.15, 0.2) is 5.79 Å². The van der Waals surface area contributed by atoms with Crippen LogP contribution >= 0.6 is 0 Å². The minimum atomic E-state index is -0.430. The minimum absolute atomic E-state index is 0.125. The van der Waals surface area contributed by atoms with Crippen molar-refractivity contribution in [3.63, 3.8) is 0 Å². The van der Waals surface area contributed by atoms with Crippen LogP contribution in [0.1, 0.15) is 74.1 Å². The SMILES string of the molecule is C[C@@H]1CC[C@H]2C(C)(C)C[C@]3(C)OC(C)(C)O[C@@H]3C[C@]12C. The summed E-state index contributed by atoms with van der Waals surface area (Å²) in [5, 5.41) is 0. The Morgan fingerprint density at radius 1 is 0.950 bits per heavy atom. The molecule has 0 spiro atoms. The Morgan fingerprint density at radius 2 is 1.60 bits per heavy atom. The quantitative estimate of drug-likeness (QED) is 0.636. The molecule has 20 heavy (non-hydrogen) atoms. The van der Waals surface area contributed by atoms with E-state index in [9.17, 15) is 0 Å². The van der Waals surface area contributed by atoms with Gasteiger partial charge in [-0.3, -0.25) is 0 Å². The van der Waals surface area contributed by atoms with Crippen LogP contribution in [-0.2, 0) is 9.47 Å². The third-order valence-electron chi connectivity index (χ3n) is 6.77. The van der Waals surface area contributed by atoms with Crippen molar-refractivity contribution in [1.29, 1.82) is 0 Å². The first-order chi connectivity index (χ1) is 8.99. The first-order valence-corrected chi connectivity index (χ1v) is 8.37. The summed E-state index contributed by atoms with van der Waals surface area (Å²) in [4.78, 5) is 0. The van der Waals surface area contributed by atoms with Gasteiger partial charge in [-0.1, -0.05) is 27.7 Å². The molecule has 2 aliphatic carbocycles. The van der Waals surface area contributed by atoms with Gasteiger partial charge < -0.3 is 9.47 Å². The second-order valence-corrected chi connectivity index (χ2v) is 9.33. The number of hydrogen-bond donors (Lipinski definition) is 0. The van der Waals surface area contributed by atoms with E-state index in [0.29, 0.717) is 10.8 Å². The zero-order chi connectivity index (χ0) is 15.0. The molecule has 0 N–H and O–H groups in total. The summed E-state index contributed by atoms with van der Waals surface area (Å²) in [5.74, 6) is 1.16. The van der Waals surface area contributed by atoms with Gasteiger partial charge >= 0.3 is 0 Å². The third-order valence-corrected chi connectivity index (χ3v) is 6.77. The van der Waals surface area contributed by atoms with Crippen LogP contribution < -0.4 is 0 Å². The van der Waals surface area contributed by atoms with Crippen LogP contribution in [0, 0.1) is 22.7 Å². The number of ether oxygens (including phenoxy) is 2. The molecule has 0 unspecified atom stereocenters. The highest BCUT2D eigenvalue weighted by atomic mass is 16.8. The molecule has 2 nitrogen and oxygen atoms in total. The molecule has 3 fully saturated rings. The molecule has 1 heterocycles. The van der Waals surface area contributed by atoms with Crippen LogP contribution in [0.15, 0.2) is 0 Å². The van der Waals surface area contributed by atoms with E-state index in [-0.39, 0.29) is 11.7 Å². The van der Waals surface area contributed by atoms with Crippen LogP contribution in [0.2, 0.25) is 0 Å². The van der Waals surface area contributed by atoms with Crippen molar-refractivity contribution in [3.8, 4) is 0 Å². The summed E-state index contributed by atoms with van der Waals surface area (Å²) in [6, 6.07) is 0. The molecule has 1 aliphatic heterocycles. The summed E-state index contributed by atoms with van der Waals surface area (Å²) < 4.78 is 12.7. The van der Waals surface area contributed by atoms with Gasteiger partial charge in [0, 0.05) is 0 Å². The lowest BCUT2D eigenvalue weighted by atomic mass is 9.62. The molecule has 0 aromatic rings. The Kier molecular flexibility index (Phi) is 2.98. The molecule has 0 radical (unpaired) electrons. The number of fused-ring (bicyclic) bond motifs is 2. The maximum atomic E-state index is 6.38. The second-order valence-electron chi connectivity index (χ2n) is 9.33. The number of hydrogen-bond acceptors (Lipinski definition) is 2. The van der Waals surface area contributed by atoms with E-state index < -0.39 is 5.79 Å². The molecular formula is C18H32O2. The highest BCUT2D eigenvalue weighted by Crippen LogP contribution is 2.64. The van der Waals surface area contributed by atoms with Gasteiger partial charge in [0.1, 0.15) is 0 Å². The highest BCUT2D eigenvalue weighted by Gasteiger charge is 2.62. The maximum absolute atomic E-state index is 6.38. The van der Waals surface area contributed by atoms with Crippen molar-refractivity contribution < 1.29 is 9.47 Å². The summed E-state index contributed by atoms with van der Waals surface area (Å²) in [5.41, 5.74) is 0.600. The van der Waals surface area contributed by atoms with Gasteiger partial charge in [-0.15, -0.1) is 0 Å². The largest absolute Gasteiger partial charge is 0.344 e. The van der Waals surface area contributed by atoms with E-state index >= 15 is 0 Å². The molecular weight excluding hydrogens is 248 g/mol. The topological polar surface area (TPSA) is 18.5 Å². The molecule has 116 valence electrons. The fourth-order valence-corrected chi connectivity index (χ4v) is 6.00. The van der Waals surface area contributed by atoms with Crippen LogP contribution in [-0.4, -0.2) is 17.5 Å². The van der Waals surface area contributed by atoms with Crippen LogP contribution in [0.25, 0.3) is 0 Å². The third kappa shape index (κ3) is 1.98. The normalized spacial score (nSPS) is 53.2. The van der Waals surface area contributed by atoms with E-state index in [1.54, 1.807) is 0 Å². The molecule has 0 aromatic carbocycles. The van der Waals surface area contributed by atoms with Gasteiger partial charge in [-0.25, -0.2) is 0 Å². The monoisotopic (exact) mass is 280 g/mol. The Morgan fingerprint density at radius 3 is 2.25 bits per heavy atom. The Bertz CT molecular complexity index is 414. The Hall–Kier alpha value is -0.0800. The maximum Gasteiger partial charge on any atom is 0.164 e. The average Bonchev–Trinajstić information content (AvgIpc) is 2.60. The van der Waals surface area contributed by atoms with Crippen molar-refractivity contribution in [3.05, 3.63) is 0 Å². The molecule has 0 bridgehead atoms. The fourth-order valence-electron chi connectivity index (χ4n) is 6.00. The standard InChI is InChI=1S/C18H32O2/c1-12-8-9-13-15(2,3)11-18(7)14(10-17(12,13)6)19-16(4,5)20-18/h12-14H,8-11H2,1-7H3/t12-,13+,14-,17-,18+/m1/s1. The molecule has 5 atom stereocenters. The molecule has 1 saturated heterocycles. The Labute approximate surface area is 124 Å². The smallest absolute Gasteiger partial charge is 0.164 e. The second kappa shape index (κ2) is 4.01.